The van der Waals surface area contributed by atoms with Crippen LogP contribution in [0.15, 0.2) is 22.8 Å². The van der Waals surface area contributed by atoms with Crippen molar-refractivity contribution < 1.29 is 9.21 Å². The first-order valence-electron chi connectivity index (χ1n) is 8.07. The highest BCUT2D eigenvalue weighted by molar-refractivity contribution is 5.88. The van der Waals surface area contributed by atoms with Crippen molar-refractivity contribution in [1.82, 2.24) is 10.2 Å². The fraction of sp³-hybridized carbons (Fsp3) is 0.500. The molecule has 0 aliphatic carbocycles. The Morgan fingerprint density at radius 2 is 1.87 bits per heavy atom. The van der Waals surface area contributed by atoms with Gasteiger partial charge in [0.25, 0.3) is 0 Å². The molecular weight excluding hydrogens is 312 g/mol. The molecule has 2 aromatic rings. The summed E-state index contributed by atoms with van der Waals surface area (Å²) < 4.78 is 5.64. The van der Waals surface area contributed by atoms with Crippen molar-refractivity contribution in [2.45, 2.75) is 20.3 Å². The van der Waals surface area contributed by atoms with E-state index in [1.807, 2.05) is 4.90 Å². The van der Waals surface area contributed by atoms with Gasteiger partial charge in [0, 0.05) is 37.1 Å². The van der Waals surface area contributed by atoms with E-state index in [1.54, 1.807) is 6.26 Å². The standard InChI is InChI=1S/C18H22N2O2.ClH/c1-11-3-16-13(10-22-17(16)4-12(11)2)5-18(21)20-8-14-6-19-7-15(14)9-20;/h3-4,10,14-15,19H,5-9H2,1-2H3;1H/t14-,15+;. The summed E-state index contributed by atoms with van der Waals surface area (Å²) >= 11 is 0. The van der Waals surface area contributed by atoms with Gasteiger partial charge in [-0.3, -0.25) is 4.79 Å². The predicted molar refractivity (Wildman–Crippen MR) is 93.1 cm³/mol. The van der Waals surface area contributed by atoms with Crippen LogP contribution in [0.5, 0.6) is 0 Å². The van der Waals surface area contributed by atoms with Crippen LogP contribution in [0.25, 0.3) is 11.0 Å². The number of hydrogen-bond donors (Lipinski definition) is 1. The SMILES string of the molecule is Cc1cc2occ(CC(=O)N3C[C@H]4CNC[C@H]4C3)c2cc1C.Cl. The van der Waals surface area contributed by atoms with Crippen LogP contribution >= 0.6 is 12.4 Å². The quantitative estimate of drug-likeness (QED) is 0.918. The van der Waals surface area contributed by atoms with Crippen LogP contribution in [-0.2, 0) is 11.2 Å². The zero-order valence-electron chi connectivity index (χ0n) is 13.6. The lowest BCUT2D eigenvalue weighted by molar-refractivity contribution is -0.129. The maximum absolute atomic E-state index is 12.6. The third-order valence-corrected chi connectivity index (χ3v) is 5.35. The molecule has 124 valence electrons. The Kier molecular flexibility index (Phi) is 4.39. The van der Waals surface area contributed by atoms with Gasteiger partial charge in [-0.25, -0.2) is 0 Å². The molecule has 5 heteroatoms. The van der Waals surface area contributed by atoms with Crippen molar-refractivity contribution >= 4 is 29.3 Å². The molecule has 0 spiro atoms. The zero-order valence-corrected chi connectivity index (χ0v) is 14.4. The van der Waals surface area contributed by atoms with Crippen LogP contribution < -0.4 is 5.32 Å². The van der Waals surface area contributed by atoms with E-state index in [0.29, 0.717) is 18.3 Å². The van der Waals surface area contributed by atoms with Crippen molar-refractivity contribution in [3.63, 3.8) is 0 Å². The third kappa shape index (κ3) is 2.86. The minimum absolute atomic E-state index is 0. The number of nitrogens with zero attached hydrogens (tertiary/aromatic N) is 1. The van der Waals surface area contributed by atoms with Gasteiger partial charge < -0.3 is 14.6 Å². The Morgan fingerprint density at radius 3 is 2.57 bits per heavy atom. The molecule has 4 nitrogen and oxygen atoms in total. The molecule has 1 amide bonds. The van der Waals surface area contributed by atoms with E-state index >= 15 is 0 Å². The smallest absolute Gasteiger partial charge is 0.227 e. The van der Waals surface area contributed by atoms with Crippen molar-refractivity contribution in [3.8, 4) is 0 Å². The molecule has 23 heavy (non-hydrogen) atoms. The van der Waals surface area contributed by atoms with Gasteiger partial charge in [0.05, 0.1) is 12.7 Å². The summed E-state index contributed by atoms with van der Waals surface area (Å²) in [5.41, 5.74) is 4.36. The first-order chi connectivity index (χ1) is 10.6. The topological polar surface area (TPSA) is 45.5 Å². The van der Waals surface area contributed by atoms with Gasteiger partial charge in [-0.15, -0.1) is 12.4 Å². The number of nitrogens with one attached hydrogen (secondary N) is 1. The van der Waals surface area contributed by atoms with Gasteiger partial charge in [-0.2, -0.15) is 0 Å². The van der Waals surface area contributed by atoms with E-state index in [2.05, 4.69) is 31.3 Å². The Labute approximate surface area is 142 Å². The Balaban J connectivity index is 0.00000156. The van der Waals surface area contributed by atoms with Crippen LogP contribution in [0.4, 0.5) is 0 Å². The second-order valence-electron chi connectivity index (χ2n) is 6.85. The molecule has 0 bridgehead atoms. The minimum atomic E-state index is 0. The summed E-state index contributed by atoms with van der Waals surface area (Å²) in [4.78, 5) is 14.6. The molecule has 2 saturated heterocycles. The highest BCUT2D eigenvalue weighted by Crippen LogP contribution is 2.29. The van der Waals surface area contributed by atoms with E-state index < -0.39 is 0 Å². The fourth-order valence-corrected chi connectivity index (χ4v) is 3.81. The molecule has 3 heterocycles. The molecule has 2 aliphatic heterocycles. The number of hydrogen-bond acceptors (Lipinski definition) is 3. The molecule has 2 fully saturated rings. The van der Waals surface area contributed by atoms with Crippen molar-refractivity contribution in [2.75, 3.05) is 26.2 Å². The molecule has 2 atom stereocenters. The van der Waals surface area contributed by atoms with Crippen molar-refractivity contribution in [1.29, 1.82) is 0 Å². The van der Waals surface area contributed by atoms with E-state index in [4.69, 9.17) is 4.42 Å². The lowest BCUT2D eigenvalue weighted by Gasteiger charge is -2.17. The molecule has 1 N–H and O–H groups in total. The largest absolute Gasteiger partial charge is 0.464 e. The van der Waals surface area contributed by atoms with Gasteiger partial charge >= 0.3 is 0 Å². The number of amides is 1. The summed E-state index contributed by atoms with van der Waals surface area (Å²) in [6, 6.07) is 4.20. The number of rotatable bonds is 2. The lowest BCUT2D eigenvalue weighted by Crippen LogP contribution is -2.32. The highest BCUT2D eigenvalue weighted by atomic mass is 35.5. The fourth-order valence-electron chi connectivity index (χ4n) is 3.81. The number of furan rings is 1. The second kappa shape index (κ2) is 6.17. The van der Waals surface area contributed by atoms with Crippen LogP contribution in [0.2, 0.25) is 0 Å². The maximum atomic E-state index is 12.6. The number of aryl methyl sites for hydroxylation is 2. The van der Waals surface area contributed by atoms with Gasteiger partial charge in [0.2, 0.25) is 5.91 Å². The molecule has 4 rings (SSSR count). The lowest BCUT2D eigenvalue weighted by atomic mass is 10.0. The van der Waals surface area contributed by atoms with Gasteiger partial charge in [-0.1, -0.05) is 0 Å². The molecule has 1 aromatic heterocycles. The van der Waals surface area contributed by atoms with Crippen molar-refractivity contribution in [3.05, 3.63) is 35.1 Å². The average Bonchev–Trinajstić information content (AvgIpc) is 3.15. The average molecular weight is 335 g/mol. The predicted octanol–water partition coefficient (Wildman–Crippen LogP) is 2.69. The van der Waals surface area contributed by atoms with Gasteiger partial charge in [-0.05, 0) is 48.9 Å². The Morgan fingerprint density at radius 1 is 1.22 bits per heavy atom. The first-order valence-corrected chi connectivity index (χ1v) is 8.07. The summed E-state index contributed by atoms with van der Waals surface area (Å²) in [6.07, 6.45) is 2.20. The number of carbonyl (C=O) groups excluding carboxylic acids is 1. The highest BCUT2D eigenvalue weighted by Gasteiger charge is 2.37. The third-order valence-electron chi connectivity index (χ3n) is 5.35. The van der Waals surface area contributed by atoms with Gasteiger partial charge in [0.1, 0.15) is 5.58 Å². The van der Waals surface area contributed by atoms with E-state index in [-0.39, 0.29) is 18.3 Å². The summed E-state index contributed by atoms with van der Waals surface area (Å²) in [5.74, 6) is 1.53. The normalized spacial score (nSPS) is 23.1. The molecule has 0 radical (unpaired) electrons. The molecule has 1 aromatic carbocycles. The minimum Gasteiger partial charge on any atom is -0.464 e. The van der Waals surface area contributed by atoms with Crippen LogP contribution in [0.3, 0.4) is 0 Å². The molecule has 0 unspecified atom stereocenters. The van der Waals surface area contributed by atoms with Crippen LogP contribution in [0.1, 0.15) is 16.7 Å². The van der Waals surface area contributed by atoms with E-state index in [9.17, 15) is 4.79 Å². The summed E-state index contributed by atoms with van der Waals surface area (Å²) in [5, 5.41) is 4.49. The Bertz CT molecular complexity index is 728. The molecule has 2 aliphatic rings. The second-order valence-corrected chi connectivity index (χ2v) is 6.85. The molecule has 0 saturated carbocycles. The van der Waals surface area contributed by atoms with Crippen LogP contribution in [0, 0.1) is 25.7 Å². The number of benzene rings is 1. The number of halogens is 1. The first kappa shape index (κ1) is 16.3. The number of fused-ring (bicyclic) bond motifs is 2. The zero-order chi connectivity index (χ0) is 15.3. The monoisotopic (exact) mass is 334 g/mol. The van der Waals surface area contributed by atoms with E-state index in [0.717, 1.165) is 42.7 Å². The summed E-state index contributed by atoms with van der Waals surface area (Å²) in [7, 11) is 0. The van der Waals surface area contributed by atoms with Crippen molar-refractivity contribution in [2.24, 2.45) is 11.8 Å². The van der Waals surface area contributed by atoms with Gasteiger partial charge in [0.15, 0.2) is 0 Å². The number of carbonyl (C=O) groups is 1. The molecular formula is C18H23ClN2O2. The summed E-state index contributed by atoms with van der Waals surface area (Å²) in [6.45, 7) is 8.11. The number of likely N-dealkylation sites (tertiary alicyclic amines) is 1. The Hall–Kier alpha value is -1.52. The maximum Gasteiger partial charge on any atom is 0.227 e. The van der Waals surface area contributed by atoms with Crippen LogP contribution in [-0.4, -0.2) is 37.0 Å². The van der Waals surface area contributed by atoms with E-state index in [1.165, 1.54) is 11.1 Å².